The fourth-order valence-corrected chi connectivity index (χ4v) is 2.74. The van der Waals surface area contributed by atoms with E-state index in [0.29, 0.717) is 11.1 Å². The van der Waals surface area contributed by atoms with Crippen LogP contribution in [-0.2, 0) is 14.8 Å². The molecule has 6 nitrogen and oxygen atoms in total. The van der Waals surface area contributed by atoms with Crippen LogP contribution < -0.4 is 4.72 Å². The van der Waals surface area contributed by atoms with Gasteiger partial charge < -0.3 is 10.0 Å². The molecule has 0 unspecified atom stereocenters. The van der Waals surface area contributed by atoms with Crippen LogP contribution in [-0.4, -0.2) is 51.6 Å². The van der Waals surface area contributed by atoms with Crippen LogP contribution in [0.4, 0.5) is 0 Å². The van der Waals surface area contributed by atoms with Crippen LogP contribution in [0.1, 0.15) is 11.1 Å². The first-order chi connectivity index (χ1) is 9.77. The van der Waals surface area contributed by atoms with Gasteiger partial charge in [0.2, 0.25) is 15.9 Å². The van der Waals surface area contributed by atoms with Crippen molar-refractivity contribution in [3.8, 4) is 11.8 Å². The van der Waals surface area contributed by atoms with Crippen molar-refractivity contribution in [3.63, 3.8) is 0 Å². The summed E-state index contributed by atoms with van der Waals surface area (Å²) >= 11 is 0. The zero-order chi connectivity index (χ0) is 16.0. The number of amides is 1. The van der Waals surface area contributed by atoms with E-state index in [1.807, 2.05) is 0 Å². The molecule has 2 N–H and O–H groups in total. The summed E-state index contributed by atoms with van der Waals surface area (Å²) in [4.78, 5) is 12.8. The maximum absolute atomic E-state index is 12.2. The third-order valence-corrected chi connectivity index (χ3v) is 4.24. The minimum atomic E-state index is -3.79. The number of nitrogens with one attached hydrogen (secondary N) is 1. The molecule has 0 aliphatic heterocycles. The molecular formula is C14H18N2O4S. The summed E-state index contributed by atoms with van der Waals surface area (Å²) in [6.45, 7) is 1.05. The van der Waals surface area contributed by atoms with Crippen molar-refractivity contribution in [1.29, 1.82) is 0 Å². The highest BCUT2D eigenvalue weighted by molar-refractivity contribution is 7.89. The van der Waals surface area contributed by atoms with Gasteiger partial charge in [-0.05, 0) is 24.6 Å². The summed E-state index contributed by atoms with van der Waals surface area (Å²) in [7, 11) is -0.698. The number of aliphatic hydroxyl groups is 1. The molecule has 0 aliphatic carbocycles. The SMILES string of the molecule is Cc1ccc(C#CCO)cc1S(=O)(=O)NCC(=O)N(C)C. The smallest absolute Gasteiger partial charge is 0.241 e. The maximum Gasteiger partial charge on any atom is 0.241 e. The molecule has 1 aromatic rings. The topological polar surface area (TPSA) is 86.7 Å². The minimum absolute atomic E-state index is 0.0683. The first-order valence-electron chi connectivity index (χ1n) is 6.18. The second kappa shape index (κ2) is 7.22. The van der Waals surface area contributed by atoms with Gasteiger partial charge in [0.25, 0.3) is 0 Å². The van der Waals surface area contributed by atoms with E-state index >= 15 is 0 Å². The highest BCUT2D eigenvalue weighted by Gasteiger charge is 2.18. The van der Waals surface area contributed by atoms with Gasteiger partial charge in [-0.2, -0.15) is 0 Å². The number of aliphatic hydroxyl groups excluding tert-OH is 1. The molecule has 1 amide bonds. The molecule has 1 rings (SSSR count). The predicted molar refractivity (Wildman–Crippen MR) is 79.0 cm³/mol. The summed E-state index contributed by atoms with van der Waals surface area (Å²) in [6.07, 6.45) is 0. The van der Waals surface area contributed by atoms with E-state index < -0.39 is 10.0 Å². The van der Waals surface area contributed by atoms with Gasteiger partial charge in [0.15, 0.2) is 0 Å². The van der Waals surface area contributed by atoms with Gasteiger partial charge in [-0.15, -0.1) is 0 Å². The van der Waals surface area contributed by atoms with E-state index in [-0.39, 0.29) is 24.0 Å². The molecule has 0 saturated heterocycles. The van der Waals surface area contributed by atoms with E-state index in [1.165, 1.54) is 11.0 Å². The van der Waals surface area contributed by atoms with Crippen LogP contribution in [0.2, 0.25) is 0 Å². The molecule has 0 radical (unpaired) electrons. The summed E-state index contributed by atoms with van der Waals surface area (Å²) < 4.78 is 26.7. The number of sulfonamides is 1. The molecule has 0 heterocycles. The molecule has 0 fully saturated rings. The van der Waals surface area contributed by atoms with Crippen molar-refractivity contribution < 1.29 is 18.3 Å². The lowest BCUT2D eigenvalue weighted by molar-refractivity contribution is -0.127. The van der Waals surface area contributed by atoms with Crippen LogP contribution in [0.25, 0.3) is 0 Å². The van der Waals surface area contributed by atoms with Crippen molar-refractivity contribution in [2.24, 2.45) is 0 Å². The number of aryl methyl sites for hydroxylation is 1. The van der Waals surface area contributed by atoms with Crippen LogP contribution in [0.3, 0.4) is 0 Å². The lowest BCUT2D eigenvalue weighted by Crippen LogP contribution is -2.36. The fourth-order valence-electron chi connectivity index (χ4n) is 1.50. The summed E-state index contributed by atoms with van der Waals surface area (Å²) in [5.74, 6) is 4.77. The lowest BCUT2D eigenvalue weighted by atomic mass is 10.1. The normalized spacial score (nSPS) is 10.7. The van der Waals surface area contributed by atoms with Gasteiger partial charge >= 0.3 is 0 Å². The van der Waals surface area contributed by atoms with Crippen LogP contribution in [0.5, 0.6) is 0 Å². The number of nitrogens with zero attached hydrogens (tertiary/aromatic N) is 1. The zero-order valence-electron chi connectivity index (χ0n) is 12.2. The molecule has 0 aliphatic rings. The van der Waals surface area contributed by atoms with Crippen LogP contribution >= 0.6 is 0 Å². The van der Waals surface area contributed by atoms with E-state index in [1.54, 1.807) is 33.2 Å². The predicted octanol–water partition coefficient (Wildman–Crippen LogP) is -0.295. The van der Waals surface area contributed by atoms with Crippen molar-refractivity contribution in [2.45, 2.75) is 11.8 Å². The first-order valence-corrected chi connectivity index (χ1v) is 7.66. The second-order valence-electron chi connectivity index (χ2n) is 4.55. The Morgan fingerprint density at radius 2 is 2.05 bits per heavy atom. The van der Waals surface area contributed by atoms with E-state index in [2.05, 4.69) is 16.6 Å². The lowest BCUT2D eigenvalue weighted by Gasteiger charge is -2.12. The molecule has 0 aromatic heterocycles. The molecular weight excluding hydrogens is 292 g/mol. The monoisotopic (exact) mass is 310 g/mol. The molecule has 0 spiro atoms. The summed E-state index contributed by atoms with van der Waals surface area (Å²) in [5.41, 5.74) is 1.03. The molecule has 21 heavy (non-hydrogen) atoms. The average Bonchev–Trinajstić information content (AvgIpc) is 2.43. The largest absolute Gasteiger partial charge is 0.384 e. The second-order valence-corrected chi connectivity index (χ2v) is 6.29. The fraction of sp³-hybridized carbons (Fsp3) is 0.357. The van der Waals surface area contributed by atoms with Crippen LogP contribution in [0, 0.1) is 18.8 Å². The van der Waals surface area contributed by atoms with Gasteiger partial charge in [-0.3, -0.25) is 4.79 Å². The minimum Gasteiger partial charge on any atom is -0.384 e. The number of carbonyl (C=O) groups is 1. The Morgan fingerprint density at radius 1 is 1.38 bits per heavy atom. The summed E-state index contributed by atoms with van der Waals surface area (Å²) in [5, 5.41) is 8.66. The Morgan fingerprint density at radius 3 is 2.62 bits per heavy atom. The Hall–Kier alpha value is -1.88. The molecule has 1 aromatic carbocycles. The maximum atomic E-state index is 12.2. The van der Waals surface area contributed by atoms with Gasteiger partial charge in [0.05, 0.1) is 11.4 Å². The van der Waals surface area contributed by atoms with E-state index in [9.17, 15) is 13.2 Å². The molecule has 7 heteroatoms. The van der Waals surface area contributed by atoms with Crippen molar-refractivity contribution in [2.75, 3.05) is 27.2 Å². The zero-order valence-corrected chi connectivity index (χ0v) is 13.0. The highest BCUT2D eigenvalue weighted by atomic mass is 32.2. The number of likely N-dealkylation sites (N-methyl/N-ethyl adjacent to an activating group) is 1. The number of hydrogen-bond donors (Lipinski definition) is 2. The van der Waals surface area contributed by atoms with Gasteiger partial charge in [-0.1, -0.05) is 17.9 Å². The van der Waals surface area contributed by atoms with Crippen molar-refractivity contribution in [1.82, 2.24) is 9.62 Å². The van der Waals surface area contributed by atoms with Crippen molar-refractivity contribution >= 4 is 15.9 Å². The summed E-state index contributed by atoms with van der Waals surface area (Å²) in [6, 6.07) is 4.71. The number of benzene rings is 1. The van der Waals surface area contributed by atoms with Gasteiger partial charge in [-0.25, -0.2) is 13.1 Å². The molecule has 0 saturated carbocycles. The highest BCUT2D eigenvalue weighted by Crippen LogP contribution is 2.16. The standard InChI is InChI=1S/C14H18N2O4S/c1-11-6-7-12(5-4-8-17)9-13(11)21(19,20)15-10-14(18)16(2)3/h6-7,9,15,17H,8,10H2,1-3H3. The number of hydrogen-bond acceptors (Lipinski definition) is 4. The Kier molecular flexibility index (Phi) is 5.90. The third kappa shape index (κ3) is 4.86. The molecule has 0 atom stereocenters. The first kappa shape index (κ1) is 17.2. The number of carbonyl (C=O) groups excluding carboxylic acids is 1. The van der Waals surface area contributed by atoms with Gasteiger partial charge in [0.1, 0.15) is 6.61 Å². The molecule has 0 bridgehead atoms. The van der Waals surface area contributed by atoms with Crippen molar-refractivity contribution in [3.05, 3.63) is 29.3 Å². The van der Waals surface area contributed by atoms with E-state index in [4.69, 9.17) is 5.11 Å². The van der Waals surface area contributed by atoms with Crippen LogP contribution in [0.15, 0.2) is 23.1 Å². The Labute approximate surface area is 124 Å². The van der Waals surface area contributed by atoms with E-state index in [0.717, 1.165) is 0 Å². The number of rotatable bonds is 4. The quantitative estimate of drug-likeness (QED) is 0.748. The average molecular weight is 310 g/mol. The molecule has 114 valence electrons. The Balaban J connectivity index is 3.04. The van der Waals surface area contributed by atoms with Gasteiger partial charge in [0, 0.05) is 19.7 Å². The third-order valence-electron chi connectivity index (χ3n) is 2.70. The Bertz CT molecular complexity index is 685.